The average Bonchev–Trinajstić information content (AvgIpc) is 2.70. The van der Waals surface area contributed by atoms with Crippen LogP contribution in [0.2, 0.25) is 0 Å². The molecule has 0 spiro atoms. The van der Waals surface area contributed by atoms with Crippen LogP contribution < -0.4 is 5.32 Å². The van der Waals surface area contributed by atoms with E-state index in [0.717, 1.165) is 6.54 Å². The second kappa shape index (κ2) is 4.52. The Morgan fingerprint density at radius 1 is 1.67 bits per heavy atom. The molecule has 2 fully saturated rings. The topological polar surface area (TPSA) is 65.4 Å². The van der Waals surface area contributed by atoms with Gasteiger partial charge in [0.15, 0.2) is 0 Å². The number of hydrogen-bond donors (Lipinski definition) is 1. The molecule has 100 valence electrons. The van der Waals surface area contributed by atoms with Crippen molar-refractivity contribution in [1.29, 1.82) is 5.26 Å². The summed E-state index contributed by atoms with van der Waals surface area (Å²) in [7, 11) is 1.64. The highest BCUT2D eigenvalue weighted by Crippen LogP contribution is 2.64. The first-order valence-corrected chi connectivity index (χ1v) is 6.36. The van der Waals surface area contributed by atoms with Crippen LogP contribution in [0.3, 0.4) is 0 Å². The third-order valence-corrected chi connectivity index (χ3v) is 4.42. The van der Waals surface area contributed by atoms with Crippen LogP contribution in [-0.2, 0) is 9.53 Å². The number of nitriles is 1. The Morgan fingerprint density at radius 2 is 2.33 bits per heavy atom. The molecule has 1 aliphatic carbocycles. The minimum absolute atomic E-state index is 0.0424. The zero-order valence-electron chi connectivity index (χ0n) is 11.4. The van der Waals surface area contributed by atoms with E-state index >= 15 is 0 Å². The molecular formula is C13H21N3O2. The number of fused-ring (bicyclic) bond motifs is 1. The van der Waals surface area contributed by atoms with Gasteiger partial charge >= 0.3 is 0 Å². The largest absolute Gasteiger partial charge is 0.369 e. The Hall–Kier alpha value is -1.12. The van der Waals surface area contributed by atoms with Crippen LogP contribution in [0.5, 0.6) is 0 Å². The molecule has 1 aliphatic heterocycles. The smallest absolute Gasteiger partial charge is 0.238 e. The Morgan fingerprint density at radius 3 is 2.89 bits per heavy atom. The van der Waals surface area contributed by atoms with E-state index in [0.29, 0.717) is 18.6 Å². The molecule has 0 radical (unpaired) electrons. The first kappa shape index (κ1) is 13.3. The van der Waals surface area contributed by atoms with Gasteiger partial charge in [-0.25, -0.2) is 0 Å². The van der Waals surface area contributed by atoms with Crippen molar-refractivity contribution in [3.8, 4) is 6.07 Å². The van der Waals surface area contributed by atoms with Crippen molar-refractivity contribution in [3.05, 3.63) is 0 Å². The zero-order chi connectivity index (χ0) is 13.5. The van der Waals surface area contributed by atoms with E-state index in [-0.39, 0.29) is 17.4 Å². The molecule has 1 saturated carbocycles. The Kier molecular flexibility index (Phi) is 3.35. The van der Waals surface area contributed by atoms with E-state index in [9.17, 15) is 4.79 Å². The number of rotatable bonds is 4. The van der Waals surface area contributed by atoms with E-state index < -0.39 is 6.04 Å². The number of carbonyl (C=O) groups excluding carboxylic acids is 1. The third-order valence-electron chi connectivity index (χ3n) is 4.42. The summed E-state index contributed by atoms with van der Waals surface area (Å²) in [5.41, 5.74) is 0.238. The number of methoxy groups -OCH3 is 1. The fourth-order valence-electron chi connectivity index (χ4n) is 3.31. The summed E-state index contributed by atoms with van der Waals surface area (Å²) >= 11 is 0. The monoisotopic (exact) mass is 251 g/mol. The van der Waals surface area contributed by atoms with Crippen LogP contribution in [0.25, 0.3) is 0 Å². The van der Waals surface area contributed by atoms with Crippen molar-refractivity contribution in [2.24, 2.45) is 17.3 Å². The number of carbonyl (C=O) groups is 1. The summed E-state index contributed by atoms with van der Waals surface area (Å²) in [6, 6.07) is 1.44. The van der Waals surface area contributed by atoms with Crippen LogP contribution in [-0.4, -0.2) is 43.3 Å². The fourth-order valence-corrected chi connectivity index (χ4v) is 3.31. The molecule has 0 aromatic heterocycles. The summed E-state index contributed by atoms with van der Waals surface area (Å²) in [5.74, 6) is 0.915. The number of piperidine rings is 1. The highest BCUT2D eigenvalue weighted by Gasteiger charge is 2.68. The van der Waals surface area contributed by atoms with Crippen LogP contribution >= 0.6 is 0 Å². The first-order chi connectivity index (χ1) is 8.43. The van der Waals surface area contributed by atoms with Gasteiger partial charge in [0.2, 0.25) is 5.91 Å². The van der Waals surface area contributed by atoms with E-state index in [1.807, 2.05) is 6.07 Å². The molecule has 0 bridgehead atoms. The van der Waals surface area contributed by atoms with Gasteiger partial charge in [-0.1, -0.05) is 13.8 Å². The maximum atomic E-state index is 12.3. The normalized spacial score (nSPS) is 34.5. The van der Waals surface area contributed by atoms with Gasteiger partial charge in [0.05, 0.1) is 18.8 Å². The number of likely N-dealkylation sites (tertiary alicyclic amines) is 1. The Bertz CT molecular complexity index is 388. The minimum Gasteiger partial charge on any atom is -0.369 e. The van der Waals surface area contributed by atoms with Crippen molar-refractivity contribution in [2.75, 3.05) is 20.4 Å². The number of hydrogen-bond acceptors (Lipinski definition) is 4. The summed E-state index contributed by atoms with van der Waals surface area (Å²) < 4.78 is 5.16. The van der Waals surface area contributed by atoms with Crippen molar-refractivity contribution in [1.82, 2.24) is 10.2 Å². The van der Waals surface area contributed by atoms with Crippen molar-refractivity contribution < 1.29 is 9.53 Å². The summed E-state index contributed by atoms with van der Waals surface area (Å²) in [4.78, 5) is 14.3. The van der Waals surface area contributed by atoms with Crippen molar-refractivity contribution in [2.45, 2.75) is 32.9 Å². The summed E-state index contributed by atoms with van der Waals surface area (Å²) in [5, 5.41) is 11.5. The van der Waals surface area contributed by atoms with Crippen LogP contribution in [0.1, 0.15) is 20.8 Å². The molecular weight excluding hydrogens is 230 g/mol. The van der Waals surface area contributed by atoms with Gasteiger partial charge in [-0.05, 0) is 24.2 Å². The van der Waals surface area contributed by atoms with Gasteiger partial charge in [0, 0.05) is 13.7 Å². The van der Waals surface area contributed by atoms with E-state index in [1.54, 1.807) is 14.0 Å². The number of nitrogens with one attached hydrogen (secondary N) is 1. The van der Waals surface area contributed by atoms with Gasteiger partial charge in [-0.2, -0.15) is 5.26 Å². The molecule has 5 nitrogen and oxygen atoms in total. The molecule has 2 rings (SSSR count). The molecule has 1 N–H and O–H groups in total. The average molecular weight is 251 g/mol. The predicted octanol–water partition coefficient (Wildman–Crippen LogP) is 0.575. The number of amides is 1. The minimum atomic E-state index is -0.442. The molecule has 18 heavy (non-hydrogen) atoms. The molecule has 2 aliphatic rings. The molecule has 1 saturated heterocycles. The molecule has 1 unspecified atom stereocenters. The van der Waals surface area contributed by atoms with Gasteiger partial charge in [-0.15, -0.1) is 0 Å². The predicted molar refractivity (Wildman–Crippen MR) is 66.3 cm³/mol. The maximum Gasteiger partial charge on any atom is 0.238 e. The summed E-state index contributed by atoms with van der Waals surface area (Å²) in [6.45, 7) is 7.50. The van der Waals surface area contributed by atoms with Crippen LogP contribution in [0.15, 0.2) is 0 Å². The molecule has 0 aromatic rings. The van der Waals surface area contributed by atoms with E-state index in [1.165, 1.54) is 0 Å². The SMILES string of the molecule is COCN1C[C@H]2[C@@H]([C@@H]1C(=O)NC(C)C#N)C2(C)C. The third kappa shape index (κ3) is 2.00. The second-order valence-electron chi connectivity index (χ2n) is 5.95. The quantitative estimate of drug-likeness (QED) is 0.793. The highest BCUT2D eigenvalue weighted by molar-refractivity contribution is 5.84. The second-order valence-corrected chi connectivity index (χ2v) is 5.95. The first-order valence-electron chi connectivity index (χ1n) is 6.36. The van der Waals surface area contributed by atoms with Gasteiger partial charge in [0.25, 0.3) is 0 Å². The van der Waals surface area contributed by atoms with Crippen LogP contribution in [0, 0.1) is 28.6 Å². The molecule has 4 atom stereocenters. The van der Waals surface area contributed by atoms with E-state index in [2.05, 4.69) is 24.1 Å². The lowest BCUT2D eigenvalue weighted by Crippen LogP contribution is -2.49. The Labute approximate surface area is 108 Å². The maximum absolute atomic E-state index is 12.3. The molecule has 1 amide bonds. The lowest BCUT2D eigenvalue weighted by atomic mass is 10.0. The van der Waals surface area contributed by atoms with Crippen LogP contribution in [0.4, 0.5) is 0 Å². The van der Waals surface area contributed by atoms with Gasteiger partial charge in [0.1, 0.15) is 6.04 Å². The van der Waals surface area contributed by atoms with Crippen molar-refractivity contribution in [3.63, 3.8) is 0 Å². The molecule has 5 heteroatoms. The number of nitrogens with zero attached hydrogens (tertiary/aromatic N) is 2. The molecule has 1 heterocycles. The van der Waals surface area contributed by atoms with Crippen molar-refractivity contribution >= 4 is 5.91 Å². The van der Waals surface area contributed by atoms with Gasteiger partial charge < -0.3 is 10.1 Å². The lowest BCUT2D eigenvalue weighted by molar-refractivity contribution is -0.129. The Balaban J connectivity index is 2.07. The van der Waals surface area contributed by atoms with E-state index in [4.69, 9.17) is 10.00 Å². The highest BCUT2D eigenvalue weighted by atomic mass is 16.5. The zero-order valence-corrected chi connectivity index (χ0v) is 11.4. The fraction of sp³-hybridized carbons (Fsp3) is 0.846. The summed E-state index contributed by atoms with van der Waals surface area (Å²) in [6.07, 6.45) is 0. The molecule has 0 aromatic carbocycles. The van der Waals surface area contributed by atoms with Gasteiger partial charge in [-0.3, -0.25) is 9.69 Å². The standard InChI is InChI=1S/C13H21N3O2/c1-8(5-14)15-12(17)11-10-9(13(10,2)3)6-16(11)7-18-4/h8-11H,6-7H2,1-4H3,(H,15,17)/t8?,9-,10-,11+/m0/s1. The lowest BCUT2D eigenvalue weighted by Gasteiger charge is -2.29. The number of ether oxygens (including phenoxy) is 1.